The predicted octanol–water partition coefficient (Wildman–Crippen LogP) is 1.16. The first-order valence-corrected chi connectivity index (χ1v) is 5.53. The van der Waals surface area contributed by atoms with Gasteiger partial charge in [0.25, 0.3) is 0 Å². The van der Waals surface area contributed by atoms with E-state index in [1.54, 1.807) is 6.08 Å². The van der Waals surface area contributed by atoms with Crippen LogP contribution in [0.1, 0.15) is 19.3 Å². The predicted molar refractivity (Wildman–Crippen MR) is 59.6 cm³/mol. The van der Waals surface area contributed by atoms with Crippen molar-refractivity contribution in [3.8, 4) is 0 Å². The van der Waals surface area contributed by atoms with E-state index in [9.17, 15) is 4.79 Å². The maximum atomic E-state index is 11.3. The van der Waals surface area contributed by atoms with Crippen molar-refractivity contribution < 1.29 is 9.53 Å². The molecule has 0 spiro atoms. The molecule has 0 saturated carbocycles. The number of esters is 1. The Morgan fingerprint density at radius 2 is 2.21 bits per heavy atom. The molecular weight excluding hydrogens is 198 g/mol. The molecule has 0 unspecified atom stereocenters. The Morgan fingerprint density at radius 3 is 2.71 bits per heavy atom. The number of carbonyl (C=O) groups is 1. The van der Waals surface area contributed by atoms with Crippen LogP contribution in [0.4, 0.5) is 0 Å². The van der Waals surface area contributed by atoms with Crippen molar-refractivity contribution in [2.24, 2.45) is 0 Å². The van der Waals surface area contributed by atoms with E-state index >= 15 is 0 Å². The van der Waals surface area contributed by atoms with Crippen molar-refractivity contribution >= 4 is 18.6 Å². The van der Waals surface area contributed by atoms with Crippen molar-refractivity contribution in [2.45, 2.75) is 24.9 Å². The van der Waals surface area contributed by atoms with Crippen molar-refractivity contribution in [2.75, 3.05) is 18.8 Å². The van der Waals surface area contributed by atoms with Crippen molar-refractivity contribution in [3.63, 3.8) is 0 Å². The molecule has 0 bridgehead atoms. The molecule has 0 aromatic heterocycles. The zero-order chi connectivity index (χ0) is 10.4. The summed E-state index contributed by atoms with van der Waals surface area (Å²) in [5, 5.41) is 3.22. The highest BCUT2D eigenvalue weighted by molar-refractivity contribution is 7.80. The highest BCUT2D eigenvalue weighted by Crippen LogP contribution is 2.24. The van der Waals surface area contributed by atoms with Crippen LogP contribution in [0.15, 0.2) is 12.7 Å². The SMILES string of the molecule is C=CC1(OC(=O)CCS)CCNCC1. The second kappa shape index (κ2) is 5.41. The van der Waals surface area contributed by atoms with Crippen LogP contribution in [-0.4, -0.2) is 30.4 Å². The average molecular weight is 215 g/mol. The van der Waals surface area contributed by atoms with E-state index in [1.807, 2.05) is 0 Å². The van der Waals surface area contributed by atoms with Gasteiger partial charge in [-0.1, -0.05) is 6.58 Å². The van der Waals surface area contributed by atoms with Crippen LogP contribution in [-0.2, 0) is 9.53 Å². The van der Waals surface area contributed by atoms with E-state index in [0.29, 0.717) is 12.2 Å². The summed E-state index contributed by atoms with van der Waals surface area (Å²) >= 11 is 4.00. The van der Waals surface area contributed by atoms with E-state index in [1.165, 1.54) is 0 Å². The topological polar surface area (TPSA) is 38.3 Å². The molecule has 1 rings (SSSR count). The highest BCUT2D eigenvalue weighted by Gasteiger charge is 2.32. The minimum Gasteiger partial charge on any atom is -0.455 e. The maximum absolute atomic E-state index is 11.3. The molecule has 1 aliphatic rings. The second-order valence-electron chi connectivity index (χ2n) is 3.47. The Labute approximate surface area is 90.3 Å². The fourth-order valence-corrected chi connectivity index (χ4v) is 1.75. The molecule has 1 heterocycles. The van der Waals surface area contributed by atoms with E-state index in [0.717, 1.165) is 25.9 Å². The lowest BCUT2D eigenvalue weighted by atomic mass is 9.92. The Hall–Kier alpha value is -0.480. The van der Waals surface area contributed by atoms with Gasteiger partial charge in [-0.3, -0.25) is 4.79 Å². The molecule has 1 aliphatic heterocycles. The molecule has 3 nitrogen and oxygen atoms in total. The lowest BCUT2D eigenvalue weighted by Gasteiger charge is -2.34. The number of ether oxygens (including phenoxy) is 1. The van der Waals surface area contributed by atoms with Crippen LogP contribution in [0.3, 0.4) is 0 Å². The van der Waals surface area contributed by atoms with Crippen molar-refractivity contribution in [1.29, 1.82) is 0 Å². The monoisotopic (exact) mass is 215 g/mol. The summed E-state index contributed by atoms with van der Waals surface area (Å²) in [7, 11) is 0. The van der Waals surface area contributed by atoms with Gasteiger partial charge in [-0.2, -0.15) is 12.6 Å². The molecule has 0 aromatic rings. The summed E-state index contributed by atoms with van der Waals surface area (Å²) in [4.78, 5) is 11.3. The van der Waals surface area contributed by atoms with Gasteiger partial charge in [0.2, 0.25) is 0 Å². The first-order chi connectivity index (χ1) is 6.72. The minimum atomic E-state index is -0.439. The number of hydrogen-bond donors (Lipinski definition) is 2. The molecular formula is C10H17NO2S. The van der Waals surface area contributed by atoms with Crippen molar-refractivity contribution in [1.82, 2.24) is 5.32 Å². The van der Waals surface area contributed by atoms with E-state index in [-0.39, 0.29) is 5.97 Å². The van der Waals surface area contributed by atoms with Crippen LogP contribution in [0.2, 0.25) is 0 Å². The minimum absolute atomic E-state index is 0.179. The lowest BCUT2D eigenvalue weighted by Crippen LogP contribution is -2.43. The van der Waals surface area contributed by atoms with E-state index in [2.05, 4.69) is 24.5 Å². The molecule has 1 N–H and O–H groups in total. The standard InChI is InChI=1S/C10H17NO2S/c1-2-10(4-6-11-7-5-10)13-9(12)3-8-14/h2,11,14H,1,3-8H2. The molecule has 0 aliphatic carbocycles. The molecule has 0 aromatic carbocycles. The number of piperidine rings is 1. The zero-order valence-corrected chi connectivity index (χ0v) is 9.19. The Morgan fingerprint density at radius 1 is 1.57 bits per heavy atom. The lowest BCUT2D eigenvalue weighted by molar-refractivity contribution is -0.156. The Balaban J connectivity index is 2.51. The first-order valence-electron chi connectivity index (χ1n) is 4.89. The van der Waals surface area contributed by atoms with E-state index in [4.69, 9.17) is 4.74 Å². The molecule has 14 heavy (non-hydrogen) atoms. The van der Waals surface area contributed by atoms with Crippen LogP contribution in [0, 0.1) is 0 Å². The van der Waals surface area contributed by atoms with Crippen molar-refractivity contribution in [3.05, 3.63) is 12.7 Å². The fourth-order valence-electron chi connectivity index (χ4n) is 1.57. The van der Waals surface area contributed by atoms with Gasteiger partial charge < -0.3 is 10.1 Å². The zero-order valence-electron chi connectivity index (χ0n) is 8.29. The summed E-state index contributed by atoms with van der Waals surface area (Å²) in [6.07, 6.45) is 3.75. The summed E-state index contributed by atoms with van der Waals surface area (Å²) in [5.41, 5.74) is -0.439. The van der Waals surface area contributed by atoms with Crippen LogP contribution in [0.5, 0.6) is 0 Å². The summed E-state index contributed by atoms with van der Waals surface area (Å²) in [5.74, 6) is 0.353. The van der Waals surface area contributed by atoms with Gasteiger partial charge in [-0.25, -0.2) is 0 Å². The average Bonchev–Trinajstić information content (AvgIpc) is 2.19. The first kappa shape index (κ1) is 11.6. The van der Waals surface area contributed by atoms with Gasteiger partial charge in [-0.15, -0.1) is 0 Å². The Kier molecular flexibility index (Phi) is 4.48. The highest BCUT2D eigenvalue weighted by atomic mass is 32.1. The summed E-state index contributed by atoms with van der Waals surface area (Å²) < 4.78 is 5.42. The normalized spacial score (nSPS) is 20.1. The largest absolute Gasteiger partial charge is 0.455 e. The van der Waals surface area contributed by atoms with Gasteiger partial charge in [0.05, 0.1) is 6.42 Å². The molecule has 4 heteroatoms. The number of carbonyl (C=O) groups excluding carboxylic acids is 1. The maximum Gasteiger partial charge on any atom is 0.307 e. The molecule has 1 saturated heterocycles. The fraction of sp³-hybridized carbons (Fsp3) is 0.700. The van der Waals surface area contributed by atoms with Crippen LogP contribution >= 0.6 is 12.6 Å². The van der Waals surface area contributed by atoms with Gasteiger partial charge in [0.15, 0.2) is 0 Å². The van der Waals surface area contributed by atoms with Crippen LogP contribution < -0.4 is 5.32 Å². The third-order valence-corrected chi connectivity index (χ3v) is 2.68. The summed E-state index contributed by atoms with van der Waals surface area (Å²) in [6.45, 7) is 5.50. The van der Waals surface area contributed by atoms with Crippen LogP contribution in [0.25, 0.3) is 0 Å². The third kappa shape index (κ3) is 3.03. The number of rotatable bonds is 4. The molecule has 1 fully saturated rings. The molecule has 0 amide bonds. The Bertz CT molecular complexity index is 212. The number of hydrogen-bond acceptors (Lipinski definition) is 4. The van der Waals surface area contributed by atoms with Gasteiger partial charge >= 0.3 is 5.97 Å². The molecule has 80 valence electrons. The molecule has 0 atom stereocenters. The van der Waals surface area contributed by atoms with Gasteiger partial charge in [0, 0.05) is 18.6 Å². The number of thiol groups is 1. The number of nitrogens with one attached hydrogen (secondary N) is 1. The summed E-state index contributed by atoms with van der Waals surface area (Å²) in [6, 6.07) is 0. The van der Waals surface area contributed by atoms with E-state index < -0.39 is 5.60 Å². The smallest absolute Gasteiger partial charge is 0.307 e. The van der Waals surface area contributed by atoms with Gasteiger partial charge in [-0.05, 0) is 19.2 Å². The quantitative estimate of drug-likeness (QED) is 0.420. The van der Waals surface area contributed by atoms with Gasteiger partial charge in [0.1, 0.15) is 5.60 Å². The second-order valence-corrected chi connectivity index (χ2v) is 3.91. The third-order valence-electron chi connectivity index (χ3n) is 2.45. The molecule has 0 radical (unpaired) electrons.